The number of carbonyl (C=O) groups excluding carboxylic acids is 1. The van der Waals surface area contributed by atoms with Gasteiger partial charge in [0.05, 0.1) is 6.26 Å². The van der Waals surface area contributed by atoms with Crippen molar-refractivity contribution in [2.75, 3.05) is 6.54 Å². The molecule has 104 valence electrons. The zero-order chi connectivity index (χ0) is 14.1. The number of hydrogen-bond donors (Lipinski definition) is 1. The van der Waals surface area contributed by atoms with Crippen molar-refractivity contribution in [2.45, 2.75) is 18.9 Å². The quantitative estimate of drug-likeness (QED) is 0.928. The molecule has 2 aromatic rings. The van der Waals surface area contributed by atoms with Crippen molar-refractivity contribution in [3.05, 3.63) is 36.3 Å². The molecule has 0 unspecified atom stereocenters. The summed E-state index contributed by atoms with van der Waals surface area (Å²) < 4.78 is 10.6. The van der Waals surface area contributed by atoms with Gasteiger partial charge in [-0.25, -0.2) is 4.79 Å². The van der Waals surface area contributed by atoms with Gasteiger partial charge in [0.15, 0.2) is 17.3 Å². The van der Waals surface area contributed by atoms with Gasteiger partial charge in [0, 0.05) is 6.54 Å². The van der Waals surface area contributed by atoms with Crippen molar-refractivity contribution in [3.8, 4) is 11.5 Å². The van der Waals surface area contributed by atoms with E-state index in [9.17, 15) is 9.59 Å². The van der Waals surface area contributed by atoms with E-state index in [0.29, 0.717) is 30.9 Å². The maximum Gasteiger partial charge on any atom is 0.326 e. The number of likely N-dealkylation sites (tertiary alicyclic amines) is 1. The van der Waals surface area contributed by atoms with Crippen LogP contribution < -0.4 is 0 Å². The number of rotatable bonds is 3. The number of aliphatic carboxylic acids is 1. The Balaban J connectivity index is 1.83. The third-order valence-electron chi connectivity index (χ3n) is 3.38. The van der Waals surface area contributed by atoms with E-state index >= 15 is 0 Å². The minimum absolute atomic E-state index is 0.129. The number of furan rings is 2. The molecule has 0 bridgehead atoms. The standard InChI is InChI=1S/C14H13NO5/c16-13(15-7-1-3-9(15)14(17)18)12-6-5-11(20-12)10-4-2-8-19-10/h2,4-6,8-9H,1,3,7H2,(H,17,18)/t9-/m0/s1. The largest absolute Gasteiger partial charge is 0.480 e. The first-order valence-corrected chi connectivity index (χ1v) is 6.34. The summed E-state index contributed by atoms with van der Waals surface area (Å²) in [5.74, 6) is -0.268. The van der Waals surface area contributed by atoms with Crippen molar-refractivity contribution in [3.63, 3.8) is 0 Å². The molecule has 1 aliphatic rings. The Bertz CT molecular complexity index is 628. The van der Waals surface area contributed by atoms with Crippen LogP contribution in [0.2, 0.25) is 0 Å². The molecule has 3 rings (SSSR count). The van der Waals surface area contributed by atoms with Gasteiger partial charge in [-0.1, -0.05) is 0 Å². The molecule has 6 heteroatoms. The summed E-state index contributed by atoms with van der Waals surface area (Å²) in [7, 11) is 0. The lowest BCUT2D eigenvalue weighted by Crippen LogP contribution is -2.40. The van der Waals surface area contributed by atoms with Crippen molar-refractivity contribution >= 4 is 11.9 Å². The number of hydrogen-bond acceptors (Lipinski definition) is 4. The van der Waals surface area contributed by atoms with Gasteiger partial charge in [-0.05, 0) is 37.1 Å². The smallest absolute Gasteiger partial charge is 0.326 e. The van der Waals surface area contributed by atoms with Gasteiger partial charge in [0.1, 0.15) is 6.04 Å². The maximum absolute atomic E-state index is 12.3. The molecule has 6 nitrogen and oxygen atoms in total. The zero-order valence-electron chi connectivity index (χ0n) is 10.6. The predicted octanol–water partition coefficient (Wildman–Crippen LogP) is 2.23. The number of nitrogens with zero attached hydrogens (tertiary/aromatic N) is 1. The van der Waals surface area contributed by atoms with Crippen LogP contribution in [0.15, 0.2) is 39.4 Å². The van der Waals surface area contributed by atoms with Crippen LogP contribution in [0.3, 0.4) is 0 Å². The lowest BCUT2D eigenvalue weighted by Gasteiger charge is -2.19. The van der Waals surface area contributed by atoms with E-state index in [4.69, 9.17) is 13.9 Å². The highest BCUT2D eigenvalue weighted by atomic mass is 16.4. The van der Waals surface area contributed by atoms with Crippen molar-refractivity contribution in [1.82, 2.24) is 4.90 Å². The van der Waals surface area contributed by atoms with Gasteiger partial charge in [-0.15, -0.1) is 0 Å². The monoisotopic (exact) mass is 275 g/mol. The van der Waals surface area contributed by atoms with Crippen LogP contribution in [0.4, 0.5) is 0 Å². The average Bonchev–Trinajstić information content (AvgIpc) is 3.17. The summed E-state index contributed by atoms with van der Waals surface area (Å²) in [6.45, 7) is 0.437. The fourth-order valence-electron chi connectivity index (χ4n) is 2.41. The van der Waals surface area contributed by atoms with E-state index in [0.717, 1.165) is 0 Å². The molecule has 1 N–H and O–H groups in total. The molecular formula is C14H13NO5. The van der Waals surface area contributed by atoms with Gasteiger partial charge < -0.3 is 18.8 Å². The van der Waals surface area contributed by atoms with Gasteiger partial charge in [-0.2, -0.15) is 0 Å². The van der Waals surface area contributed by atoms with Crippen LogP contribution in [-0.4, -0.2) is 34.5 Å². The molecule has 2 aromatic heterocycles. The Hall–Kier alpha value is -2.50. The minimum atomic E-state index is -0.978. The van der Waals surface area contributed by atoms with E-state index in [2.05, 4.69) is 0 Å². The fraction of sp³-hybridized carbons (Fsp3) is 0.286. The summed E-state index contributed by atoms with van der Waals surface area (Å²) in [5, 5.41) is 9.10. The topological polar surface area (TPSA) is 83.9 Å². The van der Waals surface area contributed by atoms with E-state index in [1.807, 2.05) is 0 Å². The third kappa shape index (κ3) is 2.09. The van der Waals surface area contributed by atoms with Crippen LogP contribution in [-0.2, 0) is 4.79 Å². The Morgan fingerprint density at radius 2 is 2.10 bits per heavy atom. The predicted molar refractivity (Wildman–Crippen MR) is 68.1 cm³/mol. The molecule has 0 radical (unpaired) electrons. The first kappa shape index (κ1) is 12.5. The number of amides is 1. The zero-order valence-corrected chi connectivity index (χ0v) is 10.6. The van der Waals surface area contributed by atoms with Crippen molar-refractivity contribution < 1.29 is 23.5 Å². The number of carbonyl (C=O) groups is 2. The van der Waals surface area contributed by atoms with Crippen LogP contribution in [0, 0.1) is 0 Å². The molecule has 0 spiro atoms. The van der Waals surface area contributed by atoms with E-state index < -0.39 is 17.9 Å². The maximum atomic E-state index is 12.3. The van der Waals surface area contributed by atoms with E-state index in [1.165, 1.54) is 17.2 Å². The molecule has 1 amide bonds. The molecule has 1 fully saturated rings. The molecular weight excluding hydrogens is 262 g/mol. The van der Waals surface area contributed by atoms with Crippen LogP contribution in [0.5, 0.6) is 0 Å². The summed E-state index contributed by atoms with van der Waals surface area (Å²) in [6, 6.07) is 5.86. The Morgan fingerprint density at radius 3 is 2.80 bits per heavy atom. The molecule has 1 aliphatic heterocycles. The molecule has 0 aromatic carbocycles. The molecule has 3 heterocycles. The highest BCUT2D eigenvalue weighted by molar-refractivity contribution is 5.95. The Morgan fingerprint density at radius 1 is 1.25 bits per heavy atom. The first-order valence-electron chi connectivity index (χ1n) is 6.34. The van der Waals surface area contributed by atoms with Gasteiger partial charge >= 0.3 is 5.97 Å². The van der Waals surface area contributed by atoms with Crippen LogP contribution in [0.25, 0.3) is 11.5 Å². The number of carboxylic acids is 1. The molecule has 1 saturated heterocycles. The van der Waals surface area contributed by atoms with Gasteiger partial charge in [0.2, 0.25) is 0 Å². The molecule has 0 saturated carbocycles. The van der Waals surface area contributed by atoms with Crippen molar-refractivity contribution in [1.29, 1.82) is 0 Å². The SMILES string of the molecule is O=C(O)[C@@H]1CCCN1C(=O)c1ccc(-c2ccco2)o1. The molecule has 1 atom stereocenters. The Kier molecular flexibility index (Phi) is 3.06. The fourth-order valence-corrected chi connectivity index (χ4v) is 2.41. The van der Waals surface area contributed by atoms with Gasteiger partial charge in [0.25, 0.3) is 5.91 Å². The van der Waals surface area contributed by atoms with Crippen molar-refractivity contribution in [2.24, 2.45) is 0 Å². The summed E-state index contributed by atoms with van der Waals surface area (Å²) in [6.07, 6.45) is 2.68. The van der Waals surface area contributed by atoms with Crippen LogP contribution >= 0.6 is 0 Å². The molecule has 0 aliphatic carbocycles. The highest BCUT2D eigenvalue weighted by Crippen LogP contribution is 2.25. The average molecular weight is 275 g/mol. The summed E-state index contributed by atoms with van der Waals surface area (Å²) in [5.41, 5.74) is 0. The second-order valence-corrected chi connectivity index (χ2v) is 4.64. The van der Waals surface area contributed by atoms with E-state index in [-0.39, 0.29) is 5.76 Å². The number of carboxylic acid groups (broad SMARTS) is 1. The normalized spacial score (nSPS) is 18.4. The lowest BCUT2D eigenvalue weighted by atomic mass is 10.2. The molecule has 20 heavy (non-hydrogen) atoms. The second-order valence-electron chi connectivity index (χ2n) is 4.64. The Labute approximate surface area is 114 Å². The van der Waals surface area contributed by atoms with Crippen LogP contribution in [0.1, 0.15) is 23.4 Å². The first-order chi connectivity index (χ1) is 9.66. The van der Waals surface area contributed by atoms with Gasteiger partial charge in [-0.3, -0.25) is 4.79 Å². The van der Waals surface area contributed by atoms with E-state index in [1.54, 1.807) is 18.2 Å². The lowest BCUT2D eigenvalue weighted by molar-refractivity contribution is -0.141. The third-order valence-corrected chi connectivity index (χ3v) is 3.38. The summed E-state index contributed by atoms with van der Waals surface area (Å²) >= 11 is 0. The highest BCUT2D eigenvalue weighted by Gasteiger charge is 2.35. The minimum Gasteiger partial charge on any atom is -0.480 e. The summed E-state index contributed by atoms with van der Waals surface area (Å²) in [4.78, 5) is 24.7. The second kappa shape index (κ2) is 4.88.